The molecule has 3 heterocycles. The van der Waals surface area contributed by atoms with Crippen LogP contribution in [0, 0.1) is 5.41 Å². The molecule has 38 heavy (non-hydrogen) atoms. The molecule has 0 spiro atoms. The highest BCUT2D eigenvalue weighted by atomic mass is 16.2. The molecule has 3 aliphatic rings. The quantitative estimate of drug-likeness (QED) is 0.616. The maximum absolute atomic E-state index is 14.0. The third-order valence-corrected chi connectivity index (χ3v) is 7.84. The van der Waals surface area contributed by atoms with Crippen LogP contribution in [0.5, 0.6) is 0 Å². The van der Waals surface area contributed by atoms with Gasteiger partial charge in [0.1, 0.15) is 12.1 Å². The zero-order valence-electron chi connectivity index (χ0n) is 22.7. The number of nitrogens with zero attached hydrogens (tertiary/aromatic N) is 3. The van der Waals surface area contributed by atoms with Crippen LogP contribution in [0.1, 0.15) is 74.0 Å². The van der Waals surface area contributed by atoms with Gasteiger partial charge in [-0.15, -0.1) is 0 Å². The highest BCUT2D eigenvalue weighted by Crippen LogP contribution is 2.35. The SMILES string of the molecule is CC1=C(c2ccc(CNC(=O)C3CCCN3C(=O)C(N3Cc4ccccc4C3=O)C(C)(C)C)cc2)CC=N1. The Morgan fingerprint density at radius 3 is 2.50 bits per heavy atom. The van der Waals surface area contributed by atoms with Gasteiger partial charge in [-0.05, 0) is 53.5 Å². The second-order valence-electron chi connectivity index (χ2n) is 11.5. The third kappa shape index (κ3) is 4.89. The maximum Gasteiger partial charge on any atom is 0.255 e. The van der Waals surface area contributed by atoms with Gasteiger partial charge in [0.2, 0.25) is 11.8 Å². The van der Waals surface area contributed by atoms with Crippen LogP contribution < -0.4 is 5.32 Å². The average molecular weight is 513 g/mol. The van der Waals surface area contributed by atoms with Crippen molar-refractivity contribution >= 4 is 29.5 Å². The first kappa shape index (κ1) is 25.9. The Kier molecular flexibility index (Phi) is 6.95. The number of nitrogens with one attached hydrogen (secondary N) is 1. The van der Waals surface area contributed by atoms with E-state index in [9.17, 15) is 14.4 Å². The van der Waals surface area contributed by atoms with E-state index < -0.39 is 17.5 Å². The van der Waals surface area contributed by atoms with E-state index >= 15 is 0 Å². The molecule has 1 fully saturated rings. The standard InChI is InChI=1S/C31H36N4O3/c1-20-24(15-16-32-20)22-13-11-21(12-14-22)18-33-28(36)26-10-7-17-34(26)30(38)27(31(2,3)4)35-19-23-8-5-6-9-25(23)29(35)37/h5-6,8-9,11-14,16,26-27H,7,10,15,17-19H2,1-4H3,(H,33,36). The summed E-state index contributed by atoms with van der Waals surface area (Å²) in [5, 5.41) is 3.04. The highest BCUT2D eigenvalue weighted by molar-refractivity contribution is 6.02. The summed E-state index contributed by atoms with van der Waals surface area (Å²) in [7, 11) is 0. The van der Waals surface area contributed by atoms with Gasteiger partial charge in [-0.3, -0.25) is 19.4 Å². The van der Waals surface area contributed by atoms with Crippen molar-refractivity contribution in [1.29, 1.82) is 0 Å². The van der Waals surface area contributed by atoms with E-state index in [1.807, 2.05) is 70.3 Å². The van der Waals surface area contributed by atoms with Gasteiger partial charge in [0.15, 0.2) is 0 Å². The van der Waals surface area contributed by atoms with E-state index in [0.29, 0.717) is 31.6 Å². The Hall–Kier alpha value is -3.74. The zero-order chi connectivity index (χ0) is 27.0. The topological polar surface area (TPSA) is 82.1 Å². The largest absolute Gasteiger partial charge is 0.350 e. The normalized spacial score (nSPS) is 19.8. The Balaban J connectivity index is 1.26. The molecule has 0 aromatic heterocycles. The lowest BCUT2D eigenvalue weighted by Crippen LogP contribution is -2.57. The van der Waals surface area contributed by atoms with Gasteiger partial charge < -0.3 is 15.1 Å². The molecule has 2 atom stereocenters. The summed E-state index contributed by atoms with van der Waals surface area (Å²) in [6, 6.07) is 14.5. The van der Waals surface area contributed by atoms with Crippen LogP contribution in [0.2, 0.25) is 0 Å². The van der Waals surface area contributed by atoms with Crippen LogP contribution in [-0.4, -0.2) is 52.4 Å². The molecule has 5 rings (SSSR count). The van der Waals surface area contributed by atoms with Gasteiger partial charge in [-0.2, -0.15) is 0 Å². The summed E-state index contributed by atoms with van der Waals surface area (Å²) < 4.78 is 0. The second-order valence-corrected chi connectivity index (χ2v) is 11.5. The van der Waals surface area contributed by atoms with Crippen molar-refractivity contribution in [3.8, 4) is 0 Å². The Morgan fingerprint density at radius 2 is 1.84 bits per heavy atom. The van der Waals surface area contributed by atoms with Crippen molar-refractivity contribution in [3.63, 3.8) is 0 Å². The molecule has 1 saturated heterocycles. The van der Waals surface area contributed by atoms with Gasteiger partial charge in [0, 0.05) is 43.5 Å². The van der Waals surface area contributed by atoms with Crippen molar-refractivity contribution < 1.29 is 14.4 Å². The Morgan fingerprint density at radius 1 is 1.11 bits per heavy atom. The molecular formula is C31H36N4O3. The van der Waals surface area contributed by atoms with Crippen LogP contribution in [-0.2, 0) is 22.7 Å². The molecule has 0 bridgehead atoms. The lowest BCUT2D eigenvalue weighted by Gasteiger charge is -2.40. The van der Waals surface area contributed by atoms with E-state index in [2.05, 4.69) is 22.4 Å². The van der Waals surface area contributed by atoms with Crippen LogP contribution in [0.25, 0.3) is 5.57 Å². The van der Waals surface area contributed by atoms with E-state index in [1.54, 1.807) is 9.80 Å². The lowest BCUT2D eigenvalue weighted by molar-refractivity contribution is -0.145. The summed E-state index contributed by atoms with van der Waals surface area (Å²) in [6.45, 7) is 9.29. The average Bonchev–Trinajstić information content (AvgIpc) is 3.62. The van der Waals surface area contributed by atoms with Gasteiger partial charge in [0.25, 0.3) is 5.91 Å². The van der Waals surface area contributed by atoms with Crippen LogP contribution in [0.3, 0.4) is 0 Å². The number of hydrogen-bond donors (Lipinski definition) is 1. The predicted molar refractivity (Wildman–Crippen MR) is 148 cm³/mol. The Bertz CT molecular complexity index is 1320. The van der Waals surface area contributed by atoms with Gasteiger partial charge in [-0.25, -0.2) is 0 Å². The fraction of sp³-hybridized carbons (Fsp3) is 0.419. The number of aliphatic imine (C=N–C) groups is 1. The van der Waals surface area contributed by atoms with Crippen LogP contribution in [0.15, 0.2) is 59.2 Å². The number of fused-ring (bicyclic) bond motifs is 1. The molecule has 0 aliphatic carbocycles. The summed E-state index contributed by atoms with van der Waals surface area (Å²) in [6.07, 6.45) is 4.16. The van der Waals surface area contributed by atoms with Crippen molar-refractivity contribution in [3.05, 3.63) is 76.5 Å². The van der Waals surface area contributed by atoms with Crippen molar-refractivity contribution in [1.82, 2.24) is 15.1 Å². The number of carbonyl (C=O) groups excluding carboxylic acids is 3. The summed E-state index contributed by atoms with van der Waals surface area (Å²) in [4.78, 5) is 48.3. The minimum Gasteiger partial charge on any atom is -0.350 e. The number of allylic oxidation sites excluding steroid dienone is 2. The van der Waals surface area contributed by atoms with E-state index in [1.165, 1.54) is 5.57 Å². The molecule has 7 heteroatoms. The highest BCUT2D eigenvalue weighted by Gasteiger charge is 2.47. The molecule has 2 aromatic carbocycles. The van der Waals surface area contributed by atoms with Gasteiger partial charge in [-0.1, -0.05) is 63.2 Å². The molecule has 3 aliphatic heterocycles. The molecule has 7 nitrogen and oxygen atoms in total. The first-order valence-electron chi connectivity index (χ1n) is 13.4. The summed E-state index contributed by atoms with van der Waals surface area (Å²) >= 11 is 0. The minimum absolute atomic E-state index is 0.118. The van der Waals surface area contributed by atoms with E-state index in [4.69, 9.17) is 0 Å². The number of amides is 3. The van der Waals surface area contributed by atoms with Crippen molar-refractivity contribution in [2.75, 3.05) is 6.54 Å². The summed E-state index contributed by atoms with van der Waals surface area (Å²) in [5.74, 6) is -0.415. The predicted octanol–water partition coefficient (Wildman–Crippen LogP) is 4.57. The molecule has 1 N–H and O–H groups in total. The molecule has 3 amide bonds. The van der Waals surface area contributed by atoms with Crippen molar-refractivity contribution in [2.24, 2.45) is 10.4 Å². The minimum atomic E-state index is -0.652. The maximum atomic E-state index is 14.0. The molecular weight excluding hydrogens is 476 g/mol. The number of benzene rings is 2. The number of rotatable bonds is 6. The van der Waals surface area contributed by atoms with Crippen molar-refractivity contribution in [2.45, 2.75) is 72.1 Å². The fourth-order valence-electron chi connectivity index (χ4n) is 5.87. The zero-order valence-corrected chi connectivity index (χ0v) is 22.7. The molecule has 198 valence electrons. The smallest absolute Gasteiger partial charge is 0.255 e. The fourth-order valence-corrected chi connectivity index (χ4v) is 5.87. The second kappa shape index (κ2) is 10.2. The Labute approximate surface area is 224 Å². The molecule has 2 unspecified atom stereocenters. The number of likely N-dealkylation sites (tertiary alicyclic amines) is 1. The van der Waals surface area contributed by atoms with Crippen LogP contribution in [0.4, 0.5) is 0 Å². The molecule has 0 saturated carbocycles. The van der Waals surface area contributed by atoms with E-state index in [-0.39, 0.29) is 17.7 Å². The summed E-state index contributed by atoms with van der Waals surface area (Å²) in [5.41, 5.74) is 5.53. The monoisotopic (exact) mass is 512 g/mol. The van der Waals surface area contributed by atoms with Crippen LogP contribution >= 0.6 is 0 Å². The molecule has 2 aromatic rings. The van der Waals surface area contributed by atoms with Gasteiger partial charge >= 0.3 is 0 Å². The van der Waals surface area contributed by atoms with E-state index in [0.717, 1.165) is 35.2 Å². The van der Waals surface area contributed by atoms with Gasteiger partial charge in [0.05, 0.1) is 0 Å². The first-order chi connectivity index (χ1) is 18.1. The number of carbonyl (C=O) groups is 3. The first-order valence-corrected chi connectivity index (χ1v) is 13.4. The lowest BCUT2D eigenvalue weighted by atomic mass is 9.84. The third-order valence-electron chi connectivity index (χ3n) is 7.84. The molecule has 0 radical (unpaired) electrons. The number of hydrogen-bond acceptors (Lipinski definition) is 4.